The minimum atomic E-state index is 0.538. The molecule has 2 heterocycles. The van der Waals surface area contributed by atoms with Crippen molar-refractivity contribution in [2.75, 3.05) is 11.8 Å². The predicted octanol–water partition coefficient (Wildman–Crippen LogP) is 1.75. The minimum absolute atomic E-state index is 0.538. The SMILES string of the molecule is Cc1noc(-c2cccc(N3CO3)c2)n1. The van der Waals surface area contributed by atoms with E-state index in [-0.39, 0.29) is 0 Å². The van der Waals surface area contributed by atoms with E-state index >= 15 is 0 Å². The Bertz CT molecular complexity index is 491. The normalized spacial score (nSPS) is 14.3. The van der Waals surface area contributed by atoms with Gasteiger partial charge >= 0.3 is 0 Å². The Kier molecular flexibility index (Phi) is 1.72. The molecule has 0 N–H and O–H groups in total. The van der Waals surface area contributed by atoms with Gasteiger partial charge in [0.05, 0.1) is 5.69 Å². The zero-order valence-electron chi connectivity index (χ0n) is 8.17. The fourth-order valence-electron chi connectivity index (χ4n) is 1.39. The first kappa shape index (κ1) is 8.43. The predicted molar refractivity (Wildman–Crippen MR) is 52.9 cm³/mol. The molecule has 1 aliphatic rings. The minimum Gasteiger partial charge on any atom is -0.334 e. The highest BCUT2D eigenvalue weighted by atomic mass is 16.8. The number of hydrogen-bond donors (Lipinski definition) is 0. The van der Waals surface area contributed by atoms with Gasteiger partial charge in [-0.1, -0.05) is 11.2 Å². The molecule has 1 aliphatic heterocycles. The monoisotopic (exact) mass is 203 g/mol. The van der Waals surface area contributed by atoms with E-state index in [1.165, 1.54) is 0 Å². The molecule has 0 saturated carbocycles. The summed E-state index contributed by atoms with van der Waals surface area (Å²) < 4.78 is 5.09. The van der Waals surface area contributed by atoms with Gasteiger partial charge in [-0.15, -0.1) is 0 Å². The molecule has 0 aliphatic carbocycles. The first-order valence-electron chi connectivity index (χ1n) is 4.64. The average molecular weight is 203 g/mol. The summed E-state index contributed by atoms with van der Waals surface area (Å²) in [5, 5.41) is 5.54. The third-order valence-electron chi connectivity index (χ3n) is 2.17. The number of anilines is 1. The third kappa shape index (κ3) is 1.57. The summed E-state index contributed by atoms with van der Waals surface area (Å²) in [5.74, 6) is 1.18. The van der Waals surface area contributed by atoms with Crippen LogP contribution in [0.15, 0.2) is 28.8 Å². The maximum absolute atomic E-state index is 5.09. The standard InChI is InChI=1S/C10H9N3O2/c1-7-11-10(15-12-7)8-3-2-4-9(5-8)13-6-14-13/h2-5H,6H2,1H3. The van der Waals surface area contributed by atoms with Crippen molar-refractivity contribution in [1.29, 1.82) is 0 Å². The smallest absolute Gasteiger partial charge is 0.257 e. The largest absolute Gasteiger partial charge is 0.334 e. The summed E-state index contributed by atoms with van der Waals surface area (Å²) in [4.78, 5) is 9.22. The Morgan fingerprint density at radius 3 is 2.93 bits per heavy atom. The molecule has 3 rings (SSSR count). The molecule has 2 aromatic rings. The van der Waals surface area contributed by atoms with Gasteiger partial charge in [0.2, 0.25) is 0 Å². The van der Waals surface area contributed by atoms with Crippen LogP contribution in [0.2, 0.25) is 0 Å². The van der Waals surface area contributed by atoms with Crippen molar-refractivity contribution in [2.24, 2.45) is 0 Å². The van der Waals surface area contributed by atoms with Gasteiger partial charge in [0, 0.05) is 5.56 Å². The van der Waals surface area contributed by atoms with E-state index in [9.17, 15) is 0 Å². The molecule has 0 bridgehead atoms. The highest BCUT2D eigenvalue weighted by molar-refractivity contribution is 5.61. The van der Waals surface area contributed by atoms with Gasteiger partial charge in [0.25, 0.3) is 5.89 Å². The van der Waals surface area contributed by atoms with Crippen molar-refractivity contribution in [3.8, 4) is 11.5 Å². The summed E-state index contributed by atoms with van der Waals surface area (Å²) in [6.07, 6.45) is 0. The van der Waals surface area contributed by atoms with E-state index in [0.29, 0.717) is 18.4 Å². The molecule has 0 radical (unpaired) electrons. The summed E-state index contributed by atoms with van der Waals surface area (Å²) in [6.45, 7) is 2.44. The molecule has 5 heteroatoms. The first-order valence-corrected chi connectivity index (χ1v) is 4.64. The second-order valence-electron chi connectivity index (χ2n) is 3.33. The Morgan fingerprint density at radius 2 is 2.27 bits per heavy atom. The van der Waals surface area contributed by atoms with E-state index < -0.39 is 0 Å². The maximum Gasteiger partial charge on any atom is 0.257 e. The van der Waals surface area contributed by atoms with Gasteiger partial charge in [0.1, 0.15) is 0 Å². The van der Waals surface area contributed by atoms with Crippen LogP contribution in [0, 0.1) is 6.92 Å². The van der Waals surface area contributed by atoms with Gasteiger partial charge in [-0.05, 0) is 25.1 Å². The van der Waals surface area contributed by atoms with E-state index in [0.717, 1.165) is 11.3 Å². The van der Waals surface area contributed by atoms with E-state index in [1.54, 1.807) is 12.0 Å². The molecule has 5 nitrogen and oxygen atoms in total. The molecule has 1 fully saturated rings. The summed E-state index contributed by atoms with van der Waals surface area (Å²) in [6, 6.07) is 7.80. The average Bonchev–Trinajstić information content (AvgIpc) is 3.02. The van der Waals surface area contributed by atoms with Crippen molar-refractivity contribution in [3.05, 3.63) is 30.1 Å². The van der Waals surface area contributed by atoms with Crippen molar-refractivity contribution in [2.45, 2.75) is 6.92 Å². The lowest BCUT2D eigenvalue weighted by Crippen LogP contribution is -1.89. The van der Waals surface area contributed by atoms with Crippen molar-refractivity contribution in [1.82, 2.24) is 10.1 Å². The Morgan fingerprint density at radius 1 is 1.40 bits per heavy atom. The van der Waals surface area contributed by atoms with Crippen LogP contribution in [-0.4, -0.2) is 16.9 Å². The number of aryl methyl sites for hydroxylation is 1. The first-order chi connectivity index (χ1) is 7.33. The van der Waals surface area contributed by atoms with Crippen LogP contribution in [0.4, 0.5) is 5.69 Å². The fourth-order valence-corrected chi connectivity index (χ4v) is 1.39. The van der Waals surface area contributed by atoms with Crippen molar-refractivity contribution >= 4 is 5.69 Å². The van der Waals surface area contributed by atoms with Crippen molar-refractivity contribution < 1.29 is 9.36 Å². The molecule has 0 atom stereocenters. The van der Waals surface area contributed by atoms with Gasteiger partial charge in [-0.25, -0.2) is 9.90 Å². The molecule has 0 spiro atoms. The van der Waals surface area contributed by atoms with Gasteiger partial charge in [-0.2, -0.15) is 4.98 Å². The summed E-state index contributed by atoms with van der Waals surface area (Å²) in [5.41, 5.74) is 1.91. The lowest BCUT2D eigenvalue weighted by Gasteiger charge is -1.99. The lowest BCUT2D eigenvalue weighted by atomic mass is 10.2. The van der Waals surface area contributed by atoms with E-state index in [1.807, 2.05) is 24.3 Å². The number of hydrogen-bond acceptors (Lipinski definition) is 5. The molecule has 1 aromatic heterocycles. The topological polar surface area (TPSA) is 54.5 Å². The van der Waals surface area contributed by atoms with Crippen molar-refractivity contribution in [3.63, 3.8) is 0 Å². The number of aromatic nitrogens is 2. The number of nitrogens with zero attached hydrogens (tertiary/aromatic N) is 3. The van der Waals surface area contributed by atoms with Crippen LogP contribution < -0.4 is 5.06 Å². The second-order valence-corrected chi connectivity index (χ2v) is 3.33. The zero-order valence-corrected chi connectivity index (χ0v) is 8.17. The highest BCUT2D eigenvalue weighted by Crippen LogP contribution is 2.27. The lowest BCUT2D eigenvalue weighted by molar-refractivity contribution is 0.425. The van der Waals surface area contributed by atoms with Crippen LogP contribution in [0.5, 0.6) is 0 Å². The van der Waals surface area contributed by atoms with E-state index in [2.05, 4.69) is 10.1 Å². The second kappa shape index (κ2) is 3.06. The van der Waals surface area contributed by atoms with Crippen LogP contribution in [-0.2, 0) is 4.84 Å². The Hall–Kier alpha value is -1.88. The Balaban J connectivity index is 2.00. The zero-order chi connectivity index (χ0) is 10.3. The van der Waals surface area contributed by atoms with Crippen LogP contribution >= 0.6 is 0 Å². The fraction of sp³-hybridized carbons (Fsp3) is 0.200. The number of hydroxylamine groups is 1. The molecule has 1 aromatic carbocycles. The number of benzene rings is 1. The third-order valence-corrected chi connectivity index (χ3v) is 2.17. The molecule has 76 valence electrons. The van der Waals surface area contributed by atoms with Gasteiger partial charge in [-0.3, -0.25) is 0 Å². The van der Waals surface area contributed by atoms with E-state index in [4.69, 9.17) is 9.36 Å². The summed E-state index contributed by atoms with van der Waals surface area (Å²) in [7, 11) is 0. The molecular weight excluding hydrogens is 194 g/mol. The molecular formula is C10H9N3O2. The van der Waals surface area contributed by atoms with Crippen LogP contribution in [0.25, 0.3) is 11.5 Å². The molecule has 0 amide bonds. The van der Waals surface area contributed by atoms with Gasteiger partial charge < -0.3 is 4.52 Å². The molecule has 15 heavy (non-hydrogen) atoms. The molecule has 0 unspecified atom stereocenters. The maximum atomic E-state index is 5.09. The quantitative estimate of drug-likeness (QED) is 0.696. The molecule has 1 saturated heterocycles. The van der Waals surface area contributed by atoms with Crippen LogP contribution in [0.3, 0.4) is 0 Å². The highest BCUT2D eigenvalue weighted by Gasteiger charge is 2.20. The summed E-state index contributed by atoms with van der Waals surface area (Å²) >= 11 is 0. The Labute approximate surface area is 86.2 Å². The van der Waals surface area contributed by atoms with Gasteiger partial charge in [0.15, 0.2) is 12.6 Å². The van der Waals surface area contributed by atoms with Crippen LogP contribution in [0.1, 0.15) is 5.82 Å². The number of rotatable bonds is 2.